The zero-order valence-corrected chi connectivity index (χ0v) is 15.0. The molecule has 0 aliphatic rings. The number of nitrogens with zero attached hydrogens (tertiary/aromatic N) is 1. The Morgan fingerprint density at radius 1 is 0.760 bits per heavy atom. The van der Waals surface area contributed by atoms with E-state index in [1.165, 1.54) is 31.9 Å². The third-order valence-electron chi connectivity index (χ3n) is 4.39. The second-order valence-electron chi connectivity index (χ2n) is 5.97. The standard InChI is InChI=1S/C23H20NS/c1-2-24-21-10-6-7-11-22(21)25-23(24)17-14-18-12-15-20(16-13-18)19-8-4-3-5-9-19/h3-17H,2H2,1H3/q+1/b17-14+. The van der Waals surface area contributed by atoms with Crippen LogP contribution in [-0.4, -0.2) is 0 Å². The molecule has 0 bridgehead atoms. The van der Waals surface area contributed by atoms with Crippen LogP contribution in [0.25, 0.3) is 33.5 Å². The highest BCUT2D eigenvalue weighted by molar-refractivity contribution is 7.18. The third-order valence-corrected chi connectivity index (χ3v) is 5.52. The van der Waals surface area contributed by atoms with E-state index in [2.05, 4.69) is 103 Å². The molecule has 4 aromatic rings. The maximum atomic E-state index is 2.37. The van der Waals surface area contributed by atoms with Gasteiger partial charge in [-0.05, 0) is 35.8 Å². The van der Waals surface area contributed by atoms with E-state index in [0.717, 1.165) is 6.54 Å². The van der Waals surface area contributed by atoms with Gasteiger partial charge in [-0.1, -0.05) is 78.1 Å². The van der Waals surface area contributed by atoms with Crippen LogP contribution in [-0.2, 0) is 6.54 Å². The predicted octanol–water partition coefficient (Wildman–Crippen LogP) is 6.05. The molecule has 25 heavy (non-hydrogen) atoms. The van der Waals surface area contributed by atoms with E-state index in [4.69, 9.17) is 0 Å². The number of hydrogen-bond acceptors (Lipinski definition) is 1. The lowest BCUT2D eigenvalue weighted by Gasteiger charge is -2.01. The fraction of sp³-hybridized carbons (Fsp3) is 0.0870. The fourth-order valence-corrected chi connectivity index (χ4v) is 4.22. The second kappa shape index (κ2) is 7.04. The number of benzene rings is 3. The first-order valence-electron chi connectivity index (χ1n) is 8.60. The molecule has 0 amide bonds. The van der Waals surface area contributed by atoms with Crippen LogP contribution >= 0.6 is 11.3 Å². The molecule has 1 aromatic heterocycles. The SMILES string of the molecule is CC[n+]1c(/C=C/c2ccc(-c3ccccc3)cc2)sc2ccccc21. The van der Waals surface area contributed by atoms with Crippen LogP contribution in [0.2, 0.25) is 0 Å². The van der Waals surface area contributed by atoms with Gasteiger partial charge in [-0.2, -0.15) is 4.57 Å². The number of aryl methyl sites for hydroxylation is 1. The summed E-state index contributed by atoms with van der Waals surface area (Å²) >= 11 is 1.84. The summed E-state index contributed by atoms with van der Waals surface area (Å²) in [6, 6.07) is 27.8. The van der Waals surface area contributed by atoms with E-state index in [0.29, 0.717) is 0 Å². The predicted molar refractivity (Wildman–Crippen MR) is 109 cm³/mol. The summed E-state index contributed by atoms with van der Waals surface area (Å²) in [5.41, 5.74) is 5.04. The molecule has 1 heterocycles. The van der Waals surface area contributed by atoms with Crippen LogP contribution in [0.5, 0.6) is 0 Å². The van der Waals surface area contributed by atoms with E-state index < -0.39 is 0 Å². The van der Waals surface area contributed by atoms with Crippen molar-refractivity contribution < 1.29 is 4.57 Å². The number of rotatable bonds is 4. The van der Waals surface area contributed by atoms with Crippen LogP contribution in [0.4, 0.5) is 0 Å². The molecule has 0 radical (unpaired) electrons. The quantitative estimate of drug-likeness (QED) is 0.398. The molecule has 3 aromatic carbocycles. The first-order valence-corrected chi connectivity index (χ1v) is 9.42. The molecule has 0 N–H and O–H groups in total. The van der Waals surface area contributed by atoms with Crippen molar-refractivity contribution in [1.29, 1.82) is 0 Å². The molecule has 0 atom stereocenters. The topological polar surface area (TPSA) is 3.88 Å². The summed E-state index contributed by atoms with van der Waals surface area (Å²) in [5.74, 6) is 0. The molecule has 0 aliphatic carbocycles. The largest absolute Gasteiger partial charge is 0.262 e. The Morgan fingerprint density at radius 2 is 1.44 bits per heavy atom. The lowest BCUT2D eigenvalue weighted by Crippen LogP contribution is -2.33. The van der Waals surface area contributed by atoms with E-state index in [1.807, 2.05) is 11.3 Å². The smallest absolute Gasteiger partial charge is 0.182 e. The average Bonchev–Trinajstić information content (AvgIpc) is 3.05. The molecular formula is C23H20NS+. The normalized spacial score (nSPS) is 11.4. The minimum atomic E-state index is 0.983. The molecule has 4 rings (SSSR count). The van der Waals surface area contributed by atoms with Crippen molar-refractivity contribution in [1.82, 2.24) is 0 Å². The van der Waals surface area contributed by atoms with E-state index in [-0.39, 0.29) is 0 Å². The average molecular weight is 342 g/mol. The Bertz CT molecular complexity index is 1010. The van der Waals surface area contributed by atoms with Gasteiger partial charge in [0.25, 0.3) is 5.01 Å². The minimum Gasteiger partial charge on any atom is -0.182 e. The molecule has 0 aliphatic heterocycles. The first kappa shape index (κ1) is 15.8. The monoisotopic (exact) mass is 342 g/mol. The van der Waals surface area contributed by atoms with Crippen molar-refractivity contribution in [2.45, 2.75) is 13.5 Å². The number of fused-ring (bicyclic) bond motifs is 1. The number of hydrogen-bond donors (Lipinski definition) is 0. The summed E-state index contributed by atoms with van der Waals surface area (Å²) in [6.45, 7) is 3.18. The summed E-state index contributed by atoms with van der Waals surface area (Å²) < 4.78 is 3.71. The Morgan fingerprint density at radius 3 is 2.20 bits per heavy atom. The lowest BCUT2D eigenvalue weighted by atomic mass is 10.0. The number of thiazole rings is 1. The molecule has 122 valence electrons. The Kier molecular flexibility index (Phi) is 4.45. The molecule has 0 unspecified atom stereocenters. The van der Waals surface area contributed by atoms with Crippen LogP contribution < -0.4 is 4.57 Å². The zero-order valence-electron chi connectivity index (χ0n) is 14.2. The van der Waals surface area contributed by atoms with Gasteiger partial charge < -0.3 is 0 Å². The van der Waals surface area contributed by atoms with Crippen LogP contribution in [0.15, 0.2) is 78.9 Å². The highest BCUT2D eigenvalue weighted by atomic mass is 32.1. The number of aromatic nitrogens is 1. The molecule has 2 heteroatoms. The van der Waals surface area contributed by atoms with Gasteiger partial charge in [0, 0.05) is 12.1 Å². The van der Waals surface area contributed by atoms with Crippen LogP contribution in [0, 0.1) is 0 Å². The number of para-hydroxylation sites is 1. The van der Waals surface area contributed by atoms with Crippen molar-refractivity contribution in [3.63, 3.8) is 0 Å². The third kappa shape index (κ3) is 3.26. The minimum absolute atomic E-state index is 0.983. The highest BCUT2D eigenvalue weighted by Crippen LogP contribution is 2.23. The van der Waals surface area contributed by atoms with Crippen molar-refractivity contribution in [2.75, 3.05) is 0 Å². The summed E-state index contributed by atoms with van der Waals surface area (Å²) in [6.07, 6.45) is 4.43. The summed E-state index contributed by atoms with van der Waals surface area (Å²) in [4.78, 5) is 0. The fourth-order valence-electron chi connectivity index (χ4n) is 3.09. The van der Waals surface area contributed by atoms with Gasteiger partial charge in [0.2, 0.25) is 5.52 Å². The molecule has 0 saturated heterocycles. The Balaban J connectivity index is 1.62. The van der Waals surface area contributed by atoms with Gasteiger partial charge in [-0.3, -0.25) is 0 Å². The summed E-state index contributed by atoms with van der Waals surface area (Å²) in [7, 11) is 0. The van der Waals surface area contributed by atoms with Gasteiger partial charge in [0.15, 0.2) is 0 Å². The maximum absolute atomic E-state index is 2.37. The van der Waals surface area contributed by atoms with Crippen molar-refractivity contribution >= 4 is 33.7 Å². The molecule has 0 saturated carbocycles. The van der Waals surface area contributed by atoms with Crippen LogP contribution in [0.3, 0.4) is 0 Å². The van der Waals surface area contributed by atoms with Gasteiger partial charge in [0.1, 0.15) is 11.2 Å². The van der Waals surface area contributed by atoms with Gasteiger partial charge in [0.05, 0.1) is 0 Å². The molecular weight excluding hydrogens is 322 g/mol. The second-order valence-corrected chi connectivity index (χ2v) is 7.04. The Hall–Kier alpha value is -2.71. The highest BCUT2D eigenvalue weighted by Gasteiger charge is 2.15. The van der Waals surface area contributed by atoms with E-state index >= 15 is 0 Å². The van der Waals surface area contributed by atoms with Crippen molar-refractivity contribution in [2.24, 2.45) is 0 Å². The molecule has 0 fully saturated rings. The van der Waals surface area contributed by atoms with Crippen molar-refractivity contribution in [3.05, 3.63) is 89.4 Å². The van der Waals surface area contributed by atoms with E-state index in [1.54, 1.807) is 0 Å². The molecule has 1 nitrogen and oxygen atoms in total. The van der Waals surface area contributed by atoms with E-state index in [9.17, 15) is 0 Å². The van der Waals surface area contributed by atoms with Gasteiger partial charge >= 0.3 is 0 Å². The van der Waals surface area contributed by atoms with Gasteiger partial charge in [-0.25, -0.2) is 0 Å². The zero-order chi connectivity index (χ0) is 17.1. The first-order chi connectivity index (χ1) is 12.3. The van der Waals surface area contributed by atoms with Crippen LogP contribution in [0.1, 0.15) is 17.5 Å². The Labute approximate surface area is 152 Å². The summed E-state index contributed by atoms with van der Waals surface area (Å²) in [5, 5.41) is 1.29. The molecule has 0 spiro atoms. The van der Waals surface area contributed by atoms with Crippen molar-refractivity contribution in [3.8, 4) is 11.1 Å². The lowest BCUT2D eigenvalue weighted by molar-refractivity contribution is -0.665. The van der Waals surface area contributed by atoms with Gasteiger partial charge in [-0.15, -0.1) is 0 Å². The maximum Gasteiger partial charge on any atom is 0.262 e.